The number of aromatic amines is 1. The van der Waals surface area contributed by atoms with Gasteiger partial charge in [-0.05, 0) is 43.6 Å². The number of aromatic nitrogens is 2. The topological polar surface area (TPSA) is 412 Å². The van der Waals surface area contributed by atoms with E-state index in [1.165, 1.54) is 7.11 Å². The summed E-state index contributed by atoms with van der Waals surface area (Å²) < 4.78 is 30.0. The van der Waals surface area contributed by atoms with Crippen LogP contribution in [0.2, 0.25) is 0 Å². The van der Waals surface area contributed by atoms with Crippen LogP contribution in [0.1, 0.15) is 92.7 Å². The number of carbonyl (C=O) groups is 5. The lowest BCUT2D eigenvalue weighted by Gasteiger charge is -2.35. The zero-order chi connectivity index (χ0) is 54.3. The van der Waals surface area contributed by atoms with Gasteiger partial charge in [0.1, 0.15) is 73.0 Å². The number of aliphatic hydroxyl groups is 3. The Kier molecular flexibility index (Phi) is 23.6. The molecule has 0 aromatic carbocycles. The number of H-pyrrole nitrogens is 1. The molecule has 3 aliphatic rings. The Morgan fingerprint density at radius 2 is 1.62 bits per heavy atom. The molecule has 414 valence electrons. The molecular formula is C46H78N10O17. The van der Waals surface area contributed by atoms with Gasteiger partial charge in [0, 0.05) is 45.4 Å². The number of aliphatic hydroxyl groups excluding tert-OH is 3. The number of carbonyl (C=O) groups excluding carboxylic acids is 3. The van der Waals surface area contributed by atoms with Crippen LogP contribution in [-0.2, 0) is 47.7 Å². The average molecular weight is 1040 g/mol. The molecule has 27 heteroatoms. The number of methoxy groups -OCH3 is 1. The van der Waals surface area contributed by atoms with Crippen molar-refractivity contribution in [2.45, 2.75) is 178 Å². The highest BCUT2D eigenvalue weighted by atomic mass is 16.7. The molecule has 2 saturated heterocycles. The fraction of sp³-hybridized carbons (Fsp3) is 0.783. The second-order valence-electron chi connectivity index (χ2n) is 19.4. The fourth-order valence-corrected chi connectivity index (χ4v) is 8.89. The minimum absolute atomic E-state index is 0.00459. The van der Waals surface area contributed by atoms with Crippen molar-refractivity contribution in [2.24, 2.45) is 34.2 Å². The van der Waals surface area contributed by atoms with Gasteiger partial charge in [-0.3, -0.25) is 48.6 Å². The number of nitrogens with two attached hydrogens (primary N) is 2. The van der Waals surface area contributed by atoms with Gasteiger partial charge >= 0.3 is 23.6 Å². The summed E-state index contributed by atoms with van der Waals surface area (Å²) in [7, 11) is 1.24. The van der Waals surface area contributed by atoms with Gasteiger partial charge in [0.05, 0.1) is 6.04 Å². The maximum absolute atomic E-state index is 14.4. The van der Waals surface area contributed by atoms with E-state index in [2.05, 4.69) is 45.4 Å². The van der Waals surface area contributed by atoms with Crippen molar-refractivity contribution in [1.82, 2.24) is 36.1 Å². The Morgan fingerprint density at radius 3 is 2.21 bits per heavy atom. The van der Waals surface area contributed by atoms with Gasteiger partial charge in [0.15, 0.2) is 18.5 Å². The highest BCUT2D eigenvalue weighted by Gasteiger charge is 2.54. The highest BCUT2D eigenvalue weighted by molar-refractivity contribution is 5.92. The molecule has 0 saturated carbocycles. The Labute approximate surface area is 422 Å². The van der Waals surface area contributed by atoms with Crippen LogP contribution >= 0.6 is 0 Å². The van der Waals surface area contributed by atoms with Crippen LogP contribution in [0.25, 0.3) is 0 Å². The van der Waals surface area contributed by atoms with Gasteiger partial charge in [-0.25, -0.2) is 4.79 Å². The summed E-state index contributed by atoms with van der Waals surface area (Å²) >= 11 is 0. The summed E-state index contributed by atoms with van der Waals surface area (Å²) in [5, 5.41) is 68.1. The van der Waals surface area contributed by atoms with Gasteiger partial charge in [-0.15, -0.1) is 0 Å². The van der Waals surface area contributed by atoms with Crippen molar-refractivity contribution in [2.75, 3.05) is 33.3 Å². The largest absolute Gasteiger partial charge is 0.480 e. The minimum Gasteiger partial charge on any atom is -0.480 e. The van der Waals surface area contributed by atoms with Crippen LogP contribution < -0.4 is 49.3 Å². The number of aliphatic imine (C=N–C) groups is 1. The van der Waals surface area contributed by atoms with E-state index in [0.717, 1.165) is 36.1 Å². The first-order chi connectivity index (χ1) is 34.5. The molecule has 0 bridgehead atoms. The predicted molar refractivity (Wildman–Crippen MR) is 259 cm³/mol. The van der Waals surface area contributed by atoms with Crippen molar-refractivity contribution in [3.63, 3.8) is 0 Å². The molecule has 15 N–H and O–H groups in total. The maximum Gasteiger partial charge on any atom is 0.330 e. The van der Waals surface area contributed by atoms with Gasteiger partial charge < -0.3 is 82.0 Å². The first kappa shape index (κ1) is 60.5. The van der Waals surface area contributed by atoms with Gasteiger partial charge in [0.2, 0.25) is 11.8 Å². The number of carboxylic acid groups (broad SMARTS) is 2. The molecule has 4 heterocycles. The summed E-state index contributed by atoms with van der Waals surface area (Å²) in [6, 6.07) is -5.61. The molecular weight excluding hydrogens is 965 g/mol. The monoisotopic (exact) mass is 1040 g/mol. The fourth-order valence-electron chi connectivity index (χ4n) is 8.89. The SMILES string of the molecule is CCC(C)CCCCC(=O)O[C@@H](C(C)C)[C@H](NC(=O)[C@@H](N[C@H](C(=O)O)C(C)C)[C@@H]1CCN=C(N)N1)C(=O)NCCCN[C@H](C(=O)O)[C@H](O[C@@H]1O[C@H](CN)[C@@H](O)[C@H]1OC)[C@H]1O[C@@H](n2ccc(=O)[nH]c2=O)[C@H](O)[C@@H]1O. The molecule has 27 nitrogen and oxygen atoms in total. The second-order valence-corrected chi connectivity index (χ2v) is 19.4. The first-order valence-corrected chi connectivity index (χ1v) is 24.9. The molecule has 2 fully saturated rings. The van der Waals surface area contributed by atoms with Crippen molar-refractivity contribution in [3.05, 3.63) is 33.1 Å². The molecule has 0 aliphatic carbocycles. The van der Waals surface area contributed by atoms with Crippen LogP contribution in [0, 0.1) is 17.8 Å². The quantitative estimate of drug-likeness (QED) is 0.0263. The van der Waals surface area contributed by atoms with E-state index < -0.39 is 144 Å². The molecule has 16 atom stereocenters. The summed E-state index contributed by atoms with van der Waals surface area (Å²) in [6.45, 7) is 10.6. The number of carboxylic acids is 2. The average Bonchev–Trinajstić information content (AvgIpc) is 3.80. The van der Waals surface area contributed by atoms with E-state index in [9.17, 15) is 59.1 Å². The van der Waals surface area contributed by atoms with E-state index >= 15 is 0 Å². The summed E-state index contributed by atoms with van der Waals surface area (Å²) in [5.41, 5.74) is 9.99. The third kappa shape index (κ3) is 16.4. The van der Waals surface area contributed by atoms with Crippen molar-refractivity contribution < 1.29 is 73.2 Å². The van der Waals surface area contributed by atoms with Crippen molar-refractivity contribution >= 4 is 35.7 Å². The number of nitrogens with zero attached hydrogens (tertiary/aromatic N) is 2. The molecule has 1 aromatic rings. The van der Waals surface area contributed by atoms with Crippen LogP contribution in [-0.4, -0.2) is 189 Å². The van der Waals surface area contributed by atoms with Crippen LogP contribution in [0.4, 0.5) is 0 Å². The first-order valence-electron chi connectivity index (χ1n) is 24.9. The van der Waals surface area contributed by atoms with Crippen molar-refractivity contribution in [3.8, 4) is 0 Å². The van der Waals surface area contributed by atoms with E-state index in [1.807, 2.05) is 4.98 Å². The lowest BCUT2D eigenvalue weighted by molar-refractivity contribution is -0.231. The third-order valence-corrected chi connectivity index (χ3v) is 13.3. The summed E-state index contributed by atoms with van der Waals surface area (Å²) in [6.07, 6.45) is -10.7. The van der Waals surface area contributed by atoms with Gasteiger partial charge in [-0.2, -0.15) is 0 Å². The Balaban J connectivity index is 1.59. The Bertz CT molecular complexity index is 2130. The van der Waals surface area contributed by atoms with E-state index in [4.69, 9.17) is 35.2 Å². The van der Waals surface area contributed by atoms with E-state index in [1.54, 1.807) is 27.7 Å². The summed E-state index contributed by atoms with van der Waals surface area (Å²) in [4.78, 5) is 98.3. The second kappa shape index (κ2) is 28.5. The number of rotatable bonds is 30. The van der Waals surface area contributed by atoms with Crippen LogP contribution in [0.15, 0.2) is 26.8 Å². The number of esters is 1. The third-order valence-electron chi connectivity index (χ3n) is 13.3. The molecule has 73 heavy (non-hydrogen) atoms. The van der Waals surface area contributed by atoms with E-state index in [-0.39, 0.29) is 51.4 Å². The number of ether oxygens (including phenoxy) is 5. The summed E-state index contributed by atoms with van der Waals surface area (Å²) in [5.74, 6) is -5.49. The van der Waals surface area contributed by atoms with Gasteiger partial charge in [0.25, 0.3) is 5.56 Å². The lowest BCUT2D eigenvalue weighted by Crippen LogP contribution is -2.66. The zero-order valence-corrected chi connectivity index (χ0v) is 42.5. The zero-order valence-electron chi connectivity index (χ0n) is 42.5. The minimum atomic E-state index is -1.91. The van der Waals surface area contributed by atoms with Crippen LogP contribution in [0.3, 0.4) is 0 Å². The number of nitrogens with one attached hydrogen (secondary N) is 6. The number of unbranched alkanes of at least 4 members (excludes halogenated alkanes) is 1. The molecule has 3 aliphatic heterocycles. The van der Waals surface area contributed by atoms with Gasteiger partial charge in [-0.1, -0.05) is 60.8 Å². The number of hydrogen-bond acceptors (Lipinski definition) is 21. The molecule has 4 rings (SSSR count). The Hall–Kier alpha value is -5.10. The molecule has 0 spiro atoms. The number of hydrogen-bond donors (Lipinski definition) is 13. The maximum atomic E-state index is 14.4. The molecule has 2 amide bonds. The Morgan fingerprint density at radius 1 is 0.918 bits per heavy atom. The highest BCUT2D eigenvalue weighted by Crippen LogP contribution is 2.35. The molecule has 0 radical (unpaired) electrons. The van der Waals surface area contributed by atoms with E-state index in [0.29, 0.717) is 12.3 Å². The number of guanidine groups is 1. The van der Waals surface area contributed by atoms with Crippen LogP contribution in [0.5, 0.6) is 0 Å². The smallest absolute Gasteiger partial charge is 0.330 e. The number of amides is 2. The van der Waals surface area contributed by atoms with Crippen molar-refractivity contribution in [1.29, 1.82) is 0 Å². The molecule has 1 aromatic heterocycles. The predicted octanol–water partition coefficient (Wildman–Crippen LogP) is -3.45. The normalized spacial score (nSPS) is 27.0. The lowest BCUT2D eigenvalue weighted by atomic mass is 9.95. The standard InChI is InChI=1S/C46H78N10O17/c1-8-23(6)12-9-10-13-27(58)71-35(22(4)5)30(55-40(63)29(24-14-18-51-45(48)52-24)54-28(21(2)3)42(64)65)39(62)50-17-11-16-49-31(43(66)67)36(73-44-38(69-7)32(59)25(20-47)70-44)37-33(60)34(61)41(72-37)56-19-15-26(57)53-46(56)68/h15,19,21-25,28-38,41,44,49,54,59-61H,8-14,16-18,20,47H2,1-7H3,(H,50,62)(H,55,63)(H,64,65)(H,66,67)(H3,48,51,52)(H,53,57,68)/t23?,24-,25+,28-,29-,30-,31-,32+,33-,34+,35-,36-,37-,38+,41+,44-/m0/s1. The molecule has 1 unspecified atom stereocenters. The number of aliphatic carboxylic acids is 2.